The van der Waals surface area contributed by atoms with Crippen LogP contribution in [0.2, 0.25) is 78.6 Å². The number of anilines is 6. The Balaban J connectivity index is 1.21. The standard InChI is InChI=1S/C59H68N2Si4/c1-59(2)56-40-46(61(43-23-33-49(34-24-43)64(9,10)11)44-25-35-50(36-26-44)65(12,13)14)28-38-54(56)57-52-18-16-15-17-51(52)55-39-45(27-37-53(55)58(57)59)60(41-19-29-47(30-20-41)62(3,4)5)42-21-31-48(32-22-42)63(6,7)8/h15-40H,1-14H3. The molecule has 1 aliphatic rings. The van der Waals surface area contributed by atoms with Crippen molar-refractivity contribution in [2.45, 2.75) is 97.8 Å². The number of hydrogen-bond donors (Lipinski definition) is 0. The Kier molecular flexibility index (Phi) is 11.0. The van der Waals surface area contributed by atoms with Gasteiger partial charge in [-0.1, -0.05) is 198 Å². The number of benzene rings is 8. The monoisotopic (exact) mass is 916 g/mol. The van der Waals surface area contributed by atoms with Gasteiger partial charge in [-0.3, -0.25) is 0 Å². The number of rotatable bonds is 10. The Morgan fingerprint density at radius 3 is 1.05 bits per heavy atom. The fourth-order valence-corrected chi connectivity index (χ4v) is 14.8. The van der Waals surface area contributed by atoms with E-state index in [4.69, 9.17) is 0 Å². The summed E-state index contributed by atoms with van der Waals surface area (Å²) in [5.74, 6) is 0. The largest absolute Gasteiger partial charge is 0.310 e. The summed E-state index contributed by atoms with van der Waals surface area (Å²) in [6.45, 7) is 34.0. The zero-order valence-corrected chi connectivity index (χ0v) is 45.4. The molecule has 0 saturated carbocycles. The lowest BCUT2D eigenvalue weighted by Gasteiger charge is -2.30. The second-order valence-electron chi connectivity index (χ2n) is 23.2. The van der Waals surface area contributed by atoms with Gasteiger partial charge >= 0.3 is 0 Å². The number of fused-ring (bicyclic) bond motifs is 8. The molecule has 9 rings (SSSR count). The highest BCUT2D eigenvalue weighted by atomic mass is 28.3. The maximum absolute atomic E-state index is 2.50. The Labute approximate surface area is 394 Å². The first-order valence-electron chi connectivity index (χ1n) is 23.7. The average molecular weight is 918 g/mol. The summed E-state index contributed by atoms with van der Waals surface area (Å²) in [7, 11) is -5.88. The molecular formula is C59H68N2Si4. The van der Waals surface area contributed by atoms with Crippen molar-refractivity contribution in [2.75, 3.05) is 9.80 Å². The van der Waals surface area contributed by atoms with Crippen molar-refractivity contribution >= 4 is 109 Å². The van der Waals surface area contributed by atoms with Crippen molar-refractivity contribution in [1.29, 1.82) is 0 Å². The van der Waals surface area contributed by atoms with Crippen molar-refractivity contribution in [2.24, 2.45) is 0 Å². The van der Waals surface area contributed by atoms with Crippen LogP contribution in [0.1, 0.15) is 25.0 Å². The normalized spacial score (nSPS) is 13.8. The molecule has 0 unspecified atom stereocenters. The van der Waals surface area contributed by atoms with Crippen LogP contribution < -0.4 is 30.5 Å². The molecule has 1 aliphatic carbocycles. The maximum Gasteiger partial charge on any atom is 0.0775 e. The molecule has 2 nitrogen and oxygen atoms in total. The van der Waals surface area contributed by atoms with Crippen molar-refractivity contribution in [1.82, 2.24) is 0 Å². The van der Waals surface area contributed by atoms with Gasteiger partial charge in [0.15, 0.2) is 0 Å². The first kappa shape index (κ1) is 44.9. The van der Waals surface area contributed by atoms with Crippen LogP contribution in [0.4, 0.5) is 34.1 Å². The van der Waals surface area contributed by atoms with E-state index in [2.05, 4.69) is 260 Å². The van der Waals surface area contributed by atoms with E-state index in [1.807, 2.05) is 0 Å². The highest BCUT2D eigenvalue weighted by molar-refractivity contribution is 6.90. The molecule has 0 spiro atoms. The summed E-state index contributed by atoms with van der Waals surface area (Å²) >= 11 is 0. The van der Waals surface area contributed by atoms with Crippen molar-refractivity contribution in [3.05, 3.63) is 169 Å². The molecule has 8 aromatic carbocycles. The molecule has 0 fully saturated rings. The Hall–Kier alpha value is -5.25. The van der Waals surface area contributed by atoms with Crippen LogP contribution in [0.25, 0.3) is 32.7 Å². The molecule has 0 bridgehead atoms. The highest BCUT2D eigenvalue weighted by Gasteiger charge is 2.39. The van der Waals surface area contributed by atoms with Crippen LogP contribution >= 0.6 is 0 Å². The van der Waals surface area contributed by atoms with E-state index in [1.165, 1.54) is 98.7 Å². The molecule has 0 aliphatic heterocycles. The summed E-state index contributed by atoms with van der Waals surface area (Å²) in [6, 6.07) is 61.4. The number of hydrogen-bond acceptors (Lipinski definition) is 2. The van der Waals surface area contributed by atoms with Crippen molar-refractivity contribution in [3.8, 4) is 11.1 Å². The molecular weight excluding hydrogens is 849 g/mol. The third-order valence-electron chi connectivity index (χ3n) is 14.1. The fraction of sp³-hybridized carbons (Fsp3) is 0.254. The molecule has 330 valence electrons. The van der Waals surface area contributed by atoms with Gasteiger partial charge in [-0.05, 0) is 117 Å². The molecule has 0 N–H and O–H groups in total. The zero-order valence-electron chi connectivity index (χ0n) is 41.4. The van der Waals surface area contributed by atoms with Gasteiger partial charge in [0.1, 0.15) is 0 Å². The maximum atomic E-state index is 2.50. The minimum atomic E-state index is -1.47. The molecule has 65 heavy (non-hydrogen) atoms. The van der Waals surface area contributed by atoms with Crippen LogP contribution in [-0.4, -0.2) is 32.3 Å². The SMILES string of the molecule is CC1(C)c2cc(N(c3ccc([Si](C)(C)C)cc3)c3ccc([Si](C)(C)C)cc3)ccc2-c2c1c1ccc(N(c3ccc([Si](C)(C)C)cc3)c3ccc([Si](C)(C)C)cc3)cc1c1ccccc21. The summed E-state index contributed by atoms with van der Waals surface area (Å²) in [6.07, 6.45) is 0. The highest BCUT2D eigenvalue weighted by Crippen LogP contribution is 2.56. The van der Waals surface area contributed by atoms with Gasteiger partial charge < -0.3 is 9.80 Å². The fourth-order valence-electron chi connectivity index (χ4n) is 10.1. The van der Waals surface area contributed by atoms with E-state index in [0.29, 0.717) is 0 Å². The lowest BCUT2D eigenvalue weighted by atomic mass is 9.79. The number of nitrogens with zero attached hydrogens (tertiary/aromatic N) is 2. The Bertz CT molecular complexity index is 2950. The predicted octanol–water partition coefficient (Wildman–Crippen LogP) is 15.4. The van der Waals surface area contributed by atoms with Gasteiger partial charge in [-0.15, -0.1) is 0 Å². The zero-order chi connectivity index (χ0) is 46.4. The summed E-state index contributed by atoms with van der Waals surface area (Å²) < 4.78 is 0. The van der Waals surface area contributed by atoms with Gasteiger partial charge in [-0.25, -0.2) is 0 Å². The smallest absolute Gasteiger partial charge is 0.0775 e. The molecule has 0 atom stereocenters. The minimum Gasteiger partial charge on any atom is -0.310 e. The van der Waals surface area contributed by atoms with Crippen LogP contribution in [0.3, 0.4) is 0 Å². The molecule has 0 saturated heterocycles. The van der Waals surface area contributed by atoms with Crippen LogP contribution in [0.15, 0.2) is 158 Å². The van der Waals surface area contributed by atoms with Crippen LogP contribution in [0, 0.1) is 0 Å². The molecule has 0 radical (unpaired) electrons. The third-order valence-corrected chi connectivity index (χ3v) is 22.3. The lowest BCUT2D eigenvalue weighted by molar-refractivity contribution is 0.666. The predicted molar refractivity (Wildman–Crippen MR) is 300 cm³/mol. The summed E-state index contributed by atoms with van der Waals surface area (Å²) in [5.41, 5.74) is 12.4. The second-order valence-corrected chi connectivity index (χ2v) is 43.5. The first-order chi connectivity index (χ1) is 30.5. The third kappa shape index (κ3) is 8.22. The van der Waals surface area contributed by atoms with E-state index in [1.54, 1.807) is 0 Å². The van der Waals surface area contributed by atoms with E-state index in [0.717, 1.165) is 0 Å². The molecule has 8 aromatic rings. The molecule has 0 aromatic heterocycles. The summed E-state index contributed by atoms with van der Waals surface area (Å²) in [5, 5.41) is 11.1. The van der Waals surface area contributed by atoms with Crippen molar-refractivity contribution < 1.29 is 0 Å². The van der Waals surface area contributed by atoms with Gasteiger partial charge in [0.25, 0.3) is 0 Å². The van der Waals surface area contributed by atoms with E-state index in [-0.39, 0.29) is 5.41 Å². The lowest BCUT2D eigenvalue weighted by Crippen LogP contribution is -2.37. The molecule has 0 amide bonds. The molecule has 0 heterocycles. The average Bonchev–Trinajstić information content (AvgIpc) is 3.49. The van der Waals surface area contributed by atoms with Crippen LogP contribution in [0.5, 0.6) is 0 Å². The van der Waals surface area contributed by atoms with Gasteiger partial charge in [-0.2, -0.15) is 0 Å². The topological polar surface area (TPSA) is 6.48 Å². The minimum absolute atomic E-state index is 0.251. The van der Waals surface area contributed by atoms with Gasteiger partial charge in [0, 0.05) is 39.5 Å². The summed E-state index contributed by atoms with van der Waals surface area (Å²) in [4.78, 5) is 4.95. The van der Waals surface area contributed by atoms with Crippen LogP contribution in [-0.2, 0) is 5.41 Å². The molecule has 6 heteroatoms. The van der Waals surface area contributed by atoms with E-state index < -0.39 is 32.3 Å². The van der Waals surface area contributed by atoms with E-state index in [9.17, 15) is 0 Å². The van der Waals surface area contributed by atoms with Gasteiger partial charge in [0.05, 0.1) is 32.3 Å². The quantitative estimate of drug-likeness (QED) is 0.0996. The Morgan fingerprint density at radius 1 is 0.323 bits per heavy atom. The van der Waals surface area contributed by atoms with E-state index >= 15 is 0 Å². The van der Waals surface area contributed by atoms with Crippen molar-refractivity contribution in [3.63, 3.8) is 0 Å². The van der Waals surface area contributed by atoms with Gasteiger partial charge in [0.2, 0.25) is 0 Å². The second kappa shape index (κ2) is 16.0. The first-order valence-corrected chi connectivity index (χ1v) is 37.7. The Morgan fingerprint density at radius 2 is 0.662 bits per heavy atom.